The van der Waals surface area contributed by atoms with Crippen LogP contribution in [-0.4, -0.2) is 110 Å². The smallest absolute Gasteiger partial charge is 0.438 e. The monoisotopic (exact) mass is 2460 g/mol. The third-order valence-electron chi connectivity index (χ3n) is 19.0. The number of amides is 6. The van der Waals surface area contributed by atoms with Crippen molar-refractivity contribution in [2.75, 3.05) is 73.0 Å². The Kier molecular flexibility index (Phi) is 46.4. The summed E-state index contributed by atoms with van der Waals surface area (Å²) in [5.74, 6) is 3.27. The van der Waals surface area contributed by atoms with E-state index in [-0.39, 0.29) is 67.3 Å². The van der Waals surface area contributed by atoms with E-state index >= 15 is 0 Å². The van der Waals surface area contributed by atoms with Gasteiger partial charge in [0.05, 0.1) is 109 Å². The first kappa shape index (κ1) is 113. The van der Waals surface area contributed by atoms with Crippen molar-refractivity contribution in [2.24, 2.45) is 0 Å². The number of hydrogen-bond donors (Lipinski definition) is 6. The third-order valence-corrected chi connectivity index (χ3v) is 24.8. The van der Waals surface area contributed by atoms with Gasteiger partial charge in [0.15, 0.2) is 0 Å². The van der Waals surface area contributed by atoms with Gasteiger partial charge in [-0.25, -0.2) is 33.2 Å². The maximum atomic E-state index is 14.1. The van der Waals surface area contributed by atoms with Crippen molar-refractivity contribution in [3.05, 3.63) is 342 Å². The summed E-state index contributed by atoms with van der Waals surface area (Å²) in [6, 6.07) is 65.5. The van der Waals surface area contributed by atoms with Gasteiger partial charge < -0.3 is 56.8 Å². The fraction of sp³-hybridized carbons (Fsp3) is 0.196. The Balaban J connectivity index is 0.000000224. The molecule has 0 spiro atoms. The van der Waals surface area contributed by atoms with E-state index in [4.69, 9.17) is 40.0 Å². The van der Waals surface area contributed by atoms with Gasteiger partial charge in [0.1, 0.15) is 80.0 Å². The standard InChI is InChI=1S/C17H18BrNO4.C16H15Br2NO4.C16H15BrClNO4.C16H15BrFNO4.C16H15BrINO4.C16H16BrNO4/c1-11-7-8-16(14(18)9-11)23-10-13-12(2)5-4-6-15(13)19(21)17(20)22-3;1-10-6-7-15(13(18)8-10)23-9-11-12(17)4-3-5-14(11)19(21)16(20)22-2;3*1-10-6-7-15(12(17)8-10)23-9-11-13(18)4-3-5-14(11)19(21)16(20)22-2;1-11-7-8-15(13(17)9-11)22-10-12-5-3-4-6-14(12)18(20)16(19)21-2/h4-9,21H,10H2,1-3H3;4*3-8,21H,9H2,1-2H3;3-9,20H,10H2,1-2H3. The minimum Gasteiger partial charge on any atom is -0.488 e. The molecule has 0 aromatic heterocycles. The molecule has 0 saturated heterocycles. The van der Waals surface area contributed by atoms with Crippen molar-refractivity contribution >= 4 is 216 Å². The summed E-state index contributed by atoms with van der Waals surface area (Å²) < 4.78 is 82.1. The van der Waals surface area contributed by atoms with Crippen LogP contribution in [0.1, 0.15) is 72.3 Å². The Morgan fingerprint density at radius 1 is 0.285 bits per heavy atom. The number of hydroxylamine groups is 6. The molecule has 0 bridgehead atoms. The zero-order valence-corrected chi connectivity index (χ0v) is 89.6. The van der Waals surface area contributed by atoms with Crippen LogP contribution in [0, 0.1) is 57.9 Å². The molecule has 30 nitrogen and oxygen atoms in total. The van der Waals surface area contributed by atoms with Crippen LogP contribution in [0.5, 0.6) is 34.5 Å². The first-order chi connectivity index (χ1) is 65.2. The average molecular weight is 2470 g/mol. The normalized spacial score (nSPS) is 10.3. The molecule has 40 heteroatoms. The van der Waals surface area contributed by atoms with Gasteiger partial charge in [-0.15, -0.1) is 0 Å². The number of para-hydroxylation sites is 1. The number of nitrogens with zero attached hydrogens (tertiary/aromatic N) is 6. The van der Waals surface area contributed by atoms with Gasteiger partial charge >= 0.3 is 36.6 Å². The highest BCUT2D eigenvalue weighted by Gasteiger charge is 2.27. The van der Waals surface area contributed by atoms with E-state index in [9.17, 15) is 64.4 Å². The second kappa shape index (κ2) is 56.3. The Bertz CT molecular complexity index is 5470. The van der Waals surface area contributed by atoms with Crippen molar-refractivity contribution in [1.82, 2.24) is 0 Å². The predicted molar refractivity (Wildman–Crippen MR) is 548 cm³/mol. The minimum atomic E-state index is -1.02. The summed E-state index contributed by atoms with van der Waals surface area (Å²) in [5.41, 5.74) is 12.1. The van der Waals surface area contributed by atoms with E-state index in [1.54, 1.807) is 91.0 Å². The molecular weight excluding hydrogens is 2370 g/mol. The van der Waals surface area contributed by atoms with Crippen molar-refractivity contribution in [1.29, 1.82) is 0 Å². The highest BCUT2D eigenvalue weighted by molar-refractivity contribution is 14.1. The van der Waals surface area contributed by atoms with Crippen molar-refractivity contribution < 1.29 is 121 Å². The largest absolute Gasteiger partial charge is 0.488 e. The summed E-state index contributed by atoms with van der Waals surface area (Å²) in [5, 5.41) is 62.4. The van der Waals surface area contributed by atoms with Crippen LogP contribution >= 0.6 is 146 Å². The van der Waals surface area contributed by atoms with Crippen molar-refractivity contribution in [3.8, 4) is 34.5 Å². The lowest BCUT2D eigenvalue weighted by atomic mass is 10.1. The van der Waals surface area contributed by atoms with Crippen LogP contribution in [0.3, 0.4) is 0 Å². The molecule has 0 fully saturated rings. The highest BCUT2D eigenvalue weighted by atomic mass is 127. The van der Waals surface area contributed by atoms with Gasteiger partial charge in [-0.1, -0.05) is 119 Å². The molecule has 0 aliphatic carbocycles. The minimum absolute atomic E-state index is 0.0351. The molecule has 12 aromatic carbocycles. The van der Waals surface area contributed by atoms with Crippen molar-refractivity contribution in [2.45, 2.75) is 88.1 Å². The lowest BCUT2D eigenvalue weighted by Gasteiger charge is -2.19. The molecular formula is C97H94Br7ClFIN6O24. The lowest BCUT2D eigenvalue weighted by molar-refractivity contribution is 0.140. The summed E-state index contributed by atoms with van der Waals surface area (Å²) in [4.78, 5) is 69.0. The molecule has 0 aliphatic rings. The number of ether oxygens (including phenoxy) is 12. The fourth-order valence-electron chi connectivity index (χ4n) is 11.8. The number of aryl methyl sites for hydroxylation is 7. The maximum absolute atomic E-state index is 14.1. The summed E-state index contributed by atoms with van der Waals surface area (Å²) >= 11 is 32.3. The molecule has 12 rings (SSSR count). The van der Waals surface area contributed by atoms with E-state index in [1.807, 2.05) is 164 Å². The van der Waals surface area contributed by atoms with Crippen LogP contribution in [0.25, 0.3) is 0 Å². The highest BCUT2D eigenvalue weighted by Crippen LogP contribution is 2.39. The second-order valence-electron chi connectivity index (χ2n) is 28.7. The molecule has 0 atom stereocenters. The zero-order valence-electron chi connectivity index (χ0n) is 75.6. The van der Waals surface area contributed by atoms with E-state index in [1.165, 1.54) is 53.7 Å². The second-order valence-corrected chi connectivity index (χ2v) is 36.2. The van der Waals surface area contributed by atoms with E-state index < -0.39 is 42.4 Å². The number of methoxy groups -OCH3 is 6. The number of hydrogen-bond acceptors (Lipinski definition) is 24. The zero-order chi connectivity index (χ0) is 101. The number of carbonyl (C=O) groups is 6. The molecule has 137 heavy (non-hydrogen) atoms. The first-order valence-corrected chi connectivity index (χ1v) is 47.2. The molecule has 0 unspecified atom stereocenters. The Labute approximate surface area is 867 Å². The van der Waals surface area contributed by atoms with Gasteiger partial charge in [0.25, 0.3) is 0 Å². The number of carbonyl (C=O) groups excluding carboxylic acids is 6. The quantitative estimate of drug-likeness (QED) is 0.0142. The van der Waals surface area contributed by atoms with Crippen LogP contribution in [0.2, 0.25) is 5.02 Å². The summed E-state index contributed by atoms with van der Waals surface area (Å²) in [6.45, 7) is 14.4. The van der Waals surface area contributed by atoms with Gasteiger partial charge in [-0.3, -0.25) is 31.2 Å². The van der Waals surface area contributed by atoms with Gasteiger partial charge in [-0.2, -0.15) is 30.4 Å². The molecule has 0 radical (unpaired) electrons. The molecule has 0 saturated carbocycles. The molecule has 6 amide bonds. The third kappa shape index (κ3) is 33.5. The lowest BCUT2D eigenvalue weighted by Crippen LogP contribution is -2.28. The number of anilines is 6. The molecule has 6 N–H and O–H groups in total. The van der Waals surface area contributed by atoms with Crippen molar-refractivity contribution in [3.63, 3.8) is 0 Å². The summed E-state index contributed by atoms with van der Waals surface area (Å²) in [7, 11) is 7.11. The Hall–Kier alpha value is -10.9. The van der Waals surface area contributed by atoms with Gasteiger partial charge in [0.2, 0.25) is 0 Å². The Morgan fingerprint density at radius 2 is 0.533 bits per heavy atom. The first-order valence-electron chi connectivity index (χ1n) is 40.2. The number of rotatable bonds is 24. The molecule has 12 aromatic rings. The van der Waals surface area contributed by atoms with E-state index in [0.717, 1.165) is 76.5 Å². The predicted octanol–water partition coefficient (Wildman–Crippen LogP) is 28.3. The Morgan fingerprint density at radius 3 is 0.883 bits per heavy atom. The van der Waals surface area contributed by atoms with Gasteiger partial charge in [-0.05, 0) is 339 Å². The number of halogens is 10. The van der Waals surface area contributed by atoms with Crippen LogP contribution in [-0.2, 0) is 68.1 Å². The van der Waals surface area contributed by atoms with Crippen LogP contribution in [0.4, 0.5) is 67.3 Å². The summed E-state index contributed by atoms with van der Waals surface area (Å²) in [6.07, 6.45) is -5.37. The van der Waals surface area contributed by atoms with Crippen LogP contribution in [0.15, 0.2) is 256 Å². The molecule has 0 heterocycles. The van der Waals surface area contributed by atoms with Crippen LogP contribution < -0.4 is 58.8 Å². The topological polar surface area (TPSA) is 354 Å². The molecule has 726 valence electrons. The van der Waals surface area contributed by atoms with E-state index in [0.29, 0.717) is 114 Å². The molecule has 0 aliphatic heterocycles. The van der Waals surface area contributed by atoms with Gasteiger partial charge in [0, 0.05) is 40.9 Å². The SMILES string of the molecule is COC(=O)N(O)c1cccc(Br)c1COc1ccc(C)cc1Br.COC(=O)N(O)c1cccc(C)c1COc1ccc(C)cc1Br.COC(=O)N(O)c1cccc(Cl)c1COc1ccc(C)cc1Br.COC(=O)N(O)c1cccc(F)c1COc1ccc(C)cc1Br.COC(=O)N(O)c1cccc(I)c1COc1ccc(C)cc1Br.COC(=O)N(O)c1ccccc1COc1ccc(C)cc1Br. The maximum Gasteiger partial charge on any atom is 0.438 e. The number of benzene rings is 12. The fourth-order valence-corrected chi connectivity index (χ4v) is 16.8. The average Bonchev–Trinajstić information content (AvgIpc) is 0.802. The van der Waals surface area contributed by atoms with E-state index in [2.05, 4.69) is 163 Å².